The summed E-state index contributed by atoms with van der Waals surface area (Å²) in [7, 11) is -2.29. The minimum atomic E-state index is -4.03. The number of nitrogens with one attached hydrogen (secondary N) is 2. The molecular weight excluding hydrogens is 350 g/mol. The number of amides is 1. The van der Waals surface area contributed by atoms with Crippen molar-refractivity contribution >= 4 is 27.3 Å². The molecule has 0 spiro atoms. The fourth-order valence-corrected chi connectivity index (χ4v) is 3.18. The van der Waals surface area contributed by atoms with Crippen molar-refractivity contribution in [2.45, 2.75) is 23.8 Å². The van der Waals surface area contributed by atoms with Crippen molar-refractivity contribution < 1.29 is 18.1 Å². The molecular formula is C14H21N5O5S. The van der Waals surface area contributed by atoms with Crippen molar-refractivity contribution in [3.8, 4) is 0 Å². The van der Waals surface area contributed by atoms with Crippen LogP contribution in [0.2, 0.25) is 0 Å². The molecule has 2 rings (SSSR count). The van der Waals surface area contributed by atoms with E-state index in [2.05, 4.69) is 10.6 Å². The lowest BCUT2D eigenvalue weighted by Gasteiger charge is -2.23. The van der Waals surface area contributed by atoms with Crippen molar-refractivity contribution in [2.75, 3.05) is 32.0 Å². The first-order valence-corrected chi connectivity index (χ1v) is 9.26. The Labute approximate surface area is 145 Å². The van der Waals surface area contributed by atoms with E-state index in [1.165, 1.54) is 12.1 Å². The molecule has 0 radical (unpaired) electrons. The van der Waals surface area contributed by atoms with Crippen LogP contribution in [0.15, 0.2) is 23.1 Å². The lowest BCUT2D eigenvalue weighted by molar-refractivity contribution is -0.384. The summed E-state index contributed by atoms with van der Waals surface area (Å²) < 4.78 is 22.6. The minimum absolute atomic E-state index is 0.0648. The van der Waals surface area contributed by atoms with Gasteiger partial charge in [-0.25, -0.2) is 13.6 Å². The molecule has 1 amide bonds. The summed E-state index contributed by atoms with van der Waals surface area (Å²) in [6.45, 7) is 1.83. The van der Waals surface area contributed by atoms with E-state index in [1.807, 2.05) is 0 Å². The predicted octanol–water partition coefficient (Wildman–Crippen LogP) is -0.135. The first kappa shape index (κ1) is 19.1. The van der Waals surface area contributed by atoms with Gasteiger partial charge in [0.05, 0.1) is 9.82 Å². The van der Waals surface area contributed by atoms with Gasteiger partial charge in [0.1, 0.15) is 5.69 Å². The van der Waals surface area contributed by atoms with Crippen LogP contribution >= 0.6 is 0 Å². The van der Waals surface area contributed by atoms with E-state index in [0.717, 1.165) is 25.6 Å². The molecule has 1 fully saturated rings. The number of likely N-dealkylation sites (N-methyl/N-ethyl adjacent to an activating group) is 1. The van der Waals surface area contributed by atoms with Gasteiger partial charge in [-0.05, 0) is 25.1 Å². The highest BCUT2D eigenvalue weighted by molar-refractivity contribution is 7.89. The molecule has 1 saturated heterocycles. The van der Waals surface area contributed by atoms with Gasteiger partial charge in [-0.1, -0.05) is 0 Å². The van der Waals surface area contributed by atoms with Gasteiger partial charge >= 0.3 is 0 Å². The van der Waals surface area contributed by atoms with E-state index >= 15 is 0 Å². The number of hydrogen-bond donors (Lipinski definition) is 3. The second kappa shape index (κ2) is 7.76. The Hall–Kier alpha value is -2.24. The summed E-state index contributed by atoms with van der Waals surface area (Å²) in [5.74, 6) is -0.0648. The quantitative estimate of drug-likeness (QED) is 0.446. The average Bonchev–Trinajstić information content (AvgIpc) is 3.07. The van der Waals surface area contributed by atoms with E-state index in [0.29, 0.717) is 0 Å². The number of nitrogens with zero attached hydrogens (tertiary/aromatic N) is 2. The molecule has 25 heavy (non-hydrogen) atoms. The number of hydrogen-bond acceptors (Lipinski definition) is 7. The molecule has 0 bridgehead atoms. The Bertz CT molecular complexity index is 761. The summed E-state index contributed by atoms with van der Waals surface area (Å²) >= 11 is 0. The average molecular weight is 371 g/mol. The Kier molecular flexibility index (Phi) is 5.93. The number of nitrogens with two attached hydrogens (primary N) is 1. The first-order chi connectivity index (χ1) is 11.7. The van der Waals surface area contributed by atoms with Crippen molar-refractivity contribution in [3.63, 3.8) is 0 Å². The molecule has 1 aliphatic heterocycles. The summed E-state index contributed by atoms with van der Waals surface area (Å²) in [5.41, 5.74) is -0.275. The molecule has 0 aromatic heterocycles. The van der Waals surface area contributed by atoms with Crippen molar-refractivity contribution in [1.29, 1.82) is 0 Å². The number of nitro benzene ring substituents is 1. The highest BCUT2D eigenvalue weighted by Crippen LogP contribution is 2.27. The molecule has 1 aromatic rings. The maximum atomic E-state index is 12.2. The van der Waals surface area contributed by atoms with E-state index in [1.54, 1.807) is 11.9 Å². The van der Waals surface area contributed by atoms with Gasteiger partial charge < -0.3 is 15.5 Å². The summed E-state index contributed by atoms with van der Waals surface area (Å²) in [6, 6.07) is 3.52. The van der Waals surface area contributed by atoms with Crippen molar-refractivity contribution in [3.05, 3.63) is 28.3 Å². The zero-order valence-corrected chi connectivity index (χ0v) is 14.6. The zero-order valence-electron chi connectivity index (χ0n) is 13.8. The summed E-state index contributed by atoms with van der Waals surface area (Å²) in [5, 5.41) is 22.1. The molecule has 0 saturated carbocycles. The van der Waals surface area contributed by atoms with Crippen LogP contribution in [-0.4, -0.2) is 56.9 Å². The van der Waals surface area contributed by atoms with Crippen LogP contribution in [0.3, 0.4) is 0 Å². The number of primary sulfonamides is 1. The van der Waals surface area contributed by atoms with Crippen LogP contribution in [0.1, 0.15) is 12.8 Å². The molecule has 1 heterocycles. The maximum Gasteiger partial charge on any atom is 0.293 e. The molecule has 0 aliphatic carbocycles. The van der Waals surface area contributed by atoms with Gasteiger partial charge in [-0.2, -0.15) is 0 Å². The largest absolute Gasteiger partial charge is 0.379 e. The van der Waals surface area contributed by atoms with Crippen LogP contribution in [0.4, 0.5) is 11.4 Å². The second-order valence-electron chi connectivity index (χ2n) is 5.81. The summed E-state index contributed by atoms with van der Waals surface area (Å²) in [6.07, 6.45) is 1.07. The van der Waals surface area contributed by atoms with Crippen LogP contribution in [0.25, 0.3) is 0 Å². The molecule has 10 nitrogen and oxygen atoms in total. The number of rotatable bonds is 7. The zero-order chi connectivity index (χ0) is 18.6. The Morgan fingerprint density at radius 3 is 2.80 bits per heavy atom. The normalized spacial score (nSPS) is 17.3. The third-order valence-corrected chi connectivity index (χ3v) is 5.04. The maximum absolute atomic E-state index is 12.2. The number of sulfonamides is 1. The van der Waals surface area contributed by atoms with Gasteiger partial charge in [0.2, 0.25) is 15.9 Å². The van der Waals surface area contributed by atoms with Gasteiger partial charge in [0.25, 0.3) is 5.69 Å². The van der Waals surface area contributed by atoms with Crippen LogP contribution in [0.5, 0.6) is 0 Å². The lowest BCUT2D eigenvalue weighted by Crippen LogP contribution is -2.39. The third kappa shape index (κ3) is 4.87. The molecule has 1 aliphatic rings. The SMILES string of the molecule is CN(C(=O)CCNc1ccc(S(N)(=O)=O)cc1[N+](=O)[O-])C1CCNC1. The number of carbonyl (C=O) groups is 1. The molecule has 11 heteroatoms. The fourth-order valence-electron chi connectivity index (χ4n) is 2.64. The number of benzene rings is 1. The Morgan fingerprint density at radius 2 is 2.24 bits per heavy atom. The standard InChI is InChI=1S/C14H21N5O5S/c1-18(10-4-6-16-9-10)14(20)5-7-17-12-3-2-11(25(15,23)24)8-13(12)19(21)22/h2-3,8,10,16-17H,4-7,9H2,1H3,(H2,15,23,24). The van der Waals surface area contributed by atoms with Crippen molar-refractivity contribution in [2.24, 2.45) is 5.14 Å². The molecule has 1 atom stereocenters. The lowest BCUT2D eigenvalue weighted by atomic mass is 10.2. The van der Waals surface area contributed by atoms with Gasteiger partial charge in [-0.15, -0.1) is 0 Å². The third-order valence-electron chi connectivity index (χ3n) is 4.12. The number of nitro groups is 1. The Balaban J connectivity index is 2.00. The highest BCUT2D eigenvalue weighted by Gasteiger charge is 2.23. The highest BCUT2D eigenvalue weighted by atomic mass is 32.2. The second-order valence-corrected chi connectivity index (χ2v) is 7.37. The van der Waals surface area contributed by atoms with Crippen LogP contribution in [-0.2, 0) is 14.8 Å². The molecule has 138 valence electrons. The first-order valence-electron chi connectivity index (χ1n) is 7.71. The van der Waals surface area contributed by atoms with Gasteiger partial charge in [0, 0.05) is 38.7 Å². The van der Waals surface area contributed by atoms with Crippen LogP contribution in [0, 0.1) is 10.1 Å². The molecule has 1 unspecified atom stereocenters. The van der Waals surface area contributed by atoms with Crippen LogP contribution < -0.4 is 15.8 Å². The topological polar surface area (TPSA) is 148 Å². The predicted molar refractivity (Wildman–Crippen MR) is 91.6 cm³/mol. The van der Waals surface area contributed by atoms with E-state index < -0.39 is 20.6 Å². The smallest absolute Gasteiger partial charge is 0.293 e. The van der Waals surface area contributed by atoms with Gasteiger partial charge in [0.15, 0.2) is 0 Å². The number of anilines is 1. The van der Waals surface area contributed by atoms with Crippen molar-refractivity contribution in [1.82, 2.24) is 10.2 Å². The monoisotopic (exact) mass is 371 g/mol. The summed E-state index contributed by atoms with van der Waals surface area (Å²) in [4.78, 5) is 23.9. The Morgan fingerprint density at radius 1 is 1.52 bits per heavy atom. The van der Waals surface area contributed by atoms with E-state index in [9.17, 15) is 23.3 Å². The van der Waals surface area contributed by atoms with Gasteiger partial charge in [-0.3, -0.25) is 14.9 Å². The number of carbonyl (C=O) groups excluding carboxylic acids is 1. The van der Waals surface area contributed by atoms with E-state index in [4.69, 9.17) is 5.14 Å². The molecule has 4 N–H and O–H groups in total. The minimum Gasteiger partial charge on any atom is -0.379 e. The molecule has 1 aromatic carbocycles. The van der Waals surface area contributed by atoms with E-state index in [-0.39, 0.29) is 35.5 Å². The fraction of sp³-hybridized carbons (Fsp3) is 0.500.